The Morgan fingerprint density at radius 1 is 1.06 bits per heavy atom. The van der Waals surface area contributed by atoms with Crippen molar-refractivity contribution in [3.05, 3.63) is 87.8 Å². The van der Waals surface area contributed by atoms with Crippen LogP contribution in [-0.4, -0.2) is 33.0 Å². The fourth-order valence-electron chi connectivity index (χ4n) is 3.36. The van der Waals surface area contributed by atoms with Gasteiger partial charge in [-0.15, -0.1) is 0 Å². The lowest BCUT2D eigenvalue weighted by Crippen LogP contribution is -2.09. The Kier molecular flexibility index (Phi) is 7.12. The molecule has 4 rings (SSSR count). The highest BCUT2D eigenvalue weighted by Gasteiger charge is 2.21. The SMILES string of the molecule is COc1ccc(OCc2noc(COC(=O)c3c(C)nn(Cc4ccccc4Cl)c3C)n2)cc1. The van der Waals surface area contributed by atoms with Crippen LogP contribution in [0.1, 0.15) is 39.0 Å². The van der Waals surface area contributed by atoms with Crippen molar-refractivity contribution in [2.75, 3.05) is 7.11 Å². The number of nitrogens with zero attached hydrogens (tertiary/aromatic N) is 4. The Balaban J connectivity index is 1.34. The van der Waals surface area contributed by atoms with Crippen LogP contribution < -0.4 is 9.47 Å². The van der Waals surface area contributed by atoms with Crippen molar-refractivity contribution in [2.24, 2.45) is 0 Å². The molecule has 2 heterocycles. The normalized spacial score (nSPS) is 10.8. The Morgan fingerprint density at radius 2 is 1.79 bits per heavy atom. The third-order valence-electron chi connectivity index (χ3n) is 5.13. The molecule has 10 heteroatoms. The Hall–Kier alpha value is -3.85. The van der Waals surface area contributed by atoms with E-state index in [4.69, 9.17) is 30.3 Å². The van der Waals surface area contributed by atoms with E-state index in [1.54, 1.807) is 43.0 Å². The second-order valence-electron chi connectivity index (χ2n) is 7.44. The van der Waals surface area contributed by atoms with Gasteiger partial charge in [0.1, 0.15) is 17.1 Å². The maximum atomic E-state index is 12.7. The van der Waals surface area contributed by atoms with Crippen LogP contribution >= 0.6 is 11.6 Å². The fraction of sp³-hybridized carbons (Fsp3) is 0.250. The Labute approximate surface area is 201 Å². The molecule has 0 amide bonds. The number of hydrogen-bond donors (Lipinski definition) is 0. The summed E-state index contributed by atoms with van der Waals surface area (Å²) in [5, 5.41) is 8.97. The Morgan fingerprint density at radius 3 is 2.53 bits per heavy atom. The van der Waals surface area contributed by atoms with Crippen molar-refractivity contribution in [1.82, 2.24) is 19.9 Å². The summed E-state index contributed by atoms with van der Waals surface area (Å²) in [5.41, 5.74) is 2.55. The minimum Gasteiger partial charge on any atom is -0.497 e. The van der Waals surface area contributed by atoms with E-state index in [2.05, 4.69) is 15.2 Å². The van der Waals surface area contributed by atoms with Gasteiger partial charge in [0, 0.05) is 5.02 Å². The van der Waals surface area contributed by atoms with E-state index in [1.165, 1.54) is 0 Å². The van der Waals surface area contributed by atoms with Crippen LogP contribution in [0.3, 0.4) is 0 Å². The molecule has 0 radical (unpaired) electrons. The molecule has 0 saturated carbocycles. The van der Waals surface area contributed by atoms with E-state index in [1.807, 2.05) is 31.2 Å². The van der Waals surface area contributed by atoms with Gasteiger partial charge in [-0.25, -0.2) is 4.79 Å². The summed E-state index contributed by atoms with van der Waals surface area (Å²) in [5.74, 6) is 1.35. The minimum atomic E-state index is -0.519. The molecule has 0 unspecified atom stereocenters. The molecule has 176 valence electrons. The number of carbonyl (C=O) groups is 1. The summed E-state index contributed by atoms with van der Waals surface area (Å²) in [6.07, 6.45) is 0. The van der Waals surface area contributed by atoms with Crippen molar-refractivity contribution in [1.29, 1.82) is 0 Å². The van der Waals surface area contributed by atoms with Crippen LogP contribution in [0.5, 0.6) is 11.5 Å². The minimum absolute atomic E-state index is 0.108. The number of esters is 1. The number of rotatable bonds is 9. The summed E-state index contributed by atoms with van der Waals surface area (Å²) < 4.78 is 23.0. The van der Waals surface area contributed by atoms with Crippen LogP contribution in [0.15, 0.2) is 53.1 Å². The molecule has 2 aromatic heterocycles. The number of halogens is 1. The Bertz CT molecular complexity index is 1280. The van der Waals surface area contributed by atoms with Gasteiger partial charge in [-0.3, -0.25) is 4.68 Å². The highest BCUT2D eigenvalue weighted by atomic mass is 35.5. The molecule has 9 nitrogen and oxygen atoms in total. The third-order valence-corrected chi connectivity index (χ3v) is 5.50. The van der Waals surface area contributed by atoms with Gasteiger partial charge in [0.25, 0.3) is 5.89 Å². The van der Waals surface area contributed by atoms with Crippen molar-refractivity contribution >= 4 is 17.6 Å². The fourth-order valence-corrected chi connectivity index (χ4v) is 3.56. The molecular formula is C24H23ClN4O5. The van der Waals surface area contributed by atoms with Gasteiger partial charge < -0.3 is 18.7 Å². The predicted octanol–water partition coefficient (Wildman–Crippen LogP) is 4.53. The molecule has 0 aliphatic carbocycles. The predicted molar refractivity (Wildman–Crippen MR) is 123 cm³/mol. The van der Waals surface area contributed by atoms with Crippen LogP contribution in [-0.2, 0) is 24.5 Å². The zero-order chi connectivity index (χ0) is 24.1. The molecule has 34 heavy (non-hydrogen) atoms. The number of aromatic nitrogens is 4. The standard InChI is InChI=1S/C24H23ClN4O5/c1-15-23(16(2)29(27-15)12-17-6-4-5-7-20(17)25)24(30)33-14-22-26-21(28-34-22)13-32-19-10-8-18(31-3)9-11-19/h4-11H,12-14H2,1-3H3. The zero-order valence-corrected chi connectivity index (χ0v) is 19.7. The molecule has 0 N–H and O–H groups in total. The molecule has 4 aromatic rings. The summed E-state index contributed by atoms with van der Waals surface area (Å²) in [6, 6.07) is 14.6. The van der Waals surface area contributed by atoms with E-state index >= 15 is 0 Å². The first kappa shape index (κ1) is 23.3. The maximum Gasteiger partial charge on any atom is 0.342 e. The lowest BCUT2D eigenvalue weighted by atomic mass is 10.2. The van der Waals surface area contributed by atoms with Crippen molar-refractivity contribution in [3.8, 4) is 11.5 Å². The van der Waals surface area contributed by atoms with Crippen LogP contribution in [0.4, 0.5) is 0 Å². The topological polar surface area (TPSA) is 101 Å². The summed E-state index contributed by atoms with van der Waals surface area (Å²) in [4.78, 5) is 16.9. The van der Waals surface area contributed by atoms with Gasteiger partial charge in [0.15, 0.2) is 13.2 Å². The summed E-state index contributed by atoms with van der Waals surface area (Å²) in [7, 11) is 1.60. The molecule has 0 spiro atoms. The lowest BCUT2D eigenvalue weighted by molar-refractivity contribution is 0.0428. The van der Waals surface area contributed by atoms with Crippen molar-refractivity contribution in [2.45, 2.75) is 33.6 Å². The summed E-state index contributed by atoms with van der Waals surface area (Å²) >= 11 is 6.25. The number of aryl methyl sites for hydroxylation is 1. The monoisotopic (exact) mass is 482 g/mol. The van der Waals surface area contributed by atoms with Crippen molar-refractivity contribution < 1.29 is 23.5 Å². The third kappa shape index (κ3) is 5.37. The van der Waals surface area contributed by atoms with Gasteiger partial charge in [0.05, 0.1) is 25.0 Å². The zero-order valence-electron chi connectivity index (χ0n) is 18.9. The number of hydrogen-bond acceptors (Lipinski definition) is 8. The van der Waals surface area contributed by atoms with E-state index in [9.17, 15) is 4.79 Å². The van der Waals surface area contributed by atoms with E-state index in [0.29, 0.717) is 40.1 Å². The number of benzene rings is 2. The number of ether oxygens (including phenoxy) is 3. The van der Waals surface area contributed by atoms with E-state index < -0.39 is 5.97 Å². The average Bonchev–Trinajstić information content (AvgIpc) is 3.41. The van der Waals surface area contributed by atoms with Crippen LogP contribution in [0.25, 0.3) is 0 Å². The smallest absolute Gasteiger partial charge is 0.342 e. The van der Waals surface area contributed by atoms with Gasteiger partial charge >= 0.3 is 5.97 Å². The lowest BCUT2D eigenvalue weighted by Gasteiger charge is -2.07. The van der Waals surface area contributed by atoms with Crippen molar-refractivity contribution in [3.63, 3.8) is 0 Å². The molecule has 0 bridgehead atoms. The van der Waals surface area contributed by atoms with Gasteiger partial charge in [0.2, 0.25) is 5.82 Å². The molecule has 0 saturated heterocycles. The largest absolute Gasteiger partial charge is 0.497 e. The van der Waals surface area contributed by atoms with Gasteiger partial charge in [-0.1, -0.05) is 35.0 Å². The number of carbonyl (C=O) groups excluding carboxylic acids is 1. The molecule has 0 aliphatic rings. The second kappa shape index (κ2) is 10.4. The maximum absolute atomic E-state index is 12.7. The highest BCUT2D eigenvalue weighted by molar-refractivity contribution is 6.31. The average molecular weight is 483 g/mol. The van der Waals surface area contributed by atoms with Gasteiger partial charge in [-0.05, 0) is 49.7 Å². The molecular weight excluding hydrogens is 460 g/mol. The molecule has 0 fully saturated rings. The summed E-state index contributed by atoms with van der Waals surface area (Å²) in [6.45, 7) is 3.96. The van der Waals surface area contributed by atoms with Gasteiger partial charge in [-0.2, -0.15) is 10.1 Å². The first-order valence-corrected chi connectivity index (χ1v) is 10.8. The quantitative estimate of drug-likeness (QED) is 0.321. The molecule has 0 aliphatic heterocycles. The second-order valence-corrected chi connectivity index (χ2v) is 7.85. The molecule has 2 aromatic carbocycles. The highest BCUT2D eigenvalue weighted by Crippen LogP contribution is 2.21. The molecule has 0 atom stereocenters. The van der Waals surface area contributed by atoms with Crippen LogP contribution in [0, 0.1) is 13.8 Å². The first-order chi connectivity index (χ1) is 16.4. The first-order valence-electron chi connectivity index (χ1n) is 10.5. The van der Waals surface area contributed by atoms with E-state index in [-0.39, 0.29) is 19.1 Å². The van der Waals surface area contributed by atoms with E-state index in [0.717, 1.165) is 11.3 Å². The van der Waals surface area contributed by atoms with Crippen LogP contribution in [0.2, 0.25) is 5.02 Å². The number of methoxy groups -OCH3 is 1.